The van der Waals surface area contributed by atoms with E-state index in [0.29, 0.717) is 12.3 Å². The van der Waals surface area contributed by atoms with E-state index in [1.807, 2.05) is 25.1 Å². The van der Waals surface area contributed by atoms with Gasteiger partial charge in [-0.1, -0.05) is 38.8 Å². The van der Waals surface area contributed by atoms with E-state index in [9.17, 15) is 4.79 Å². The van der Waals surface area contributed by atoms with E-state index in [0.717, 1.165) is 37.0 Å². The number of aliphatic imine (C=N–C) groups is 1. The predicted octanol–water partition coefficient (Wildman–Crippen LogP) is 2.43. The summed E-state index contributed by atoms with van der Waals surface area (Å²) in [7, 11) is 0. The van der Waals surface area contributed by atoms with Crippen LogP contribution in [0.1, 0.15) is 45.6 Å². The van der Waals surface area contributed by atoms with Crippen molar-refractivity contribution in [2.75, 3.05) is 19.7 Å². The molecule has 0 saturated heterocycles. The van der Waals surface area contributed by atoms with Gasteiger partial charge in [0, 0.05) is 13.1 Å². The van der Waals surface area contributed by atoms with Crippen LogP contribution in [0.3, 0.4) is 0 Å². The first kappa shape index (κ1) is 20.8. The fraction of sp³-hybridized carbons (Fsp3) is 0.579. The van der Waals surface area contributed by atoms with Gasteiger partial charge >= 0.3 is 0 Å². The van der Waals surface area contributed by atoms with E-state index in [2.05, 4.69) is 29.5 Å². The van der Waals surface area contributed by atoms with Crippen molar-refractivity contribution in [2.45, 2.75) is 46.6 Å². The lowest BCUT2D eigenvalue weighted by Gasteiger charge is -2.12. The maximum atomic E-state index is 10.8. The Balaban J connectivity index is 2.50. The molecule has 0 aliphatic carbocycles. The van der Waals surface area contributed by atoms with Crippen LogP contribution >= 0.6 is 0 Å². The van der Waals surface area contributed by atoms with Crippen LogP contribution in [0.4, 0.5) is 0 Å². The number of rotatable bonds is 11. The number of unbranched alkanes of at least 4 members (excludes halogenated alkanes) is 1. The van der Waals surface area contributed by atoms with Crippen LogP contribution in [0.25, 0.3) is 0 Å². The lowest BCUT2D eigenvalue weighted by atomic mass is 10.1. The summed E-state index contributed by atoms with van der Waals surface area (Å²) < 4.78 is 5.32. The lowest BCUT2D eigenvalue weighted by molar-refractivity contribution is -0.119. The predicted molar refractivity (Wildman–Crippen MR) is 103 cm³/mol. The summed E-state index contributed by atoms with van der Waals surface area (Å²) in [6.07, 6.45) is 3.62. The van der Waals surface area contributed by atoms with Crippen molar-refractivity contribution in [1.29, 1.82) is 0 Å². The van der Waals surface area contributed by atoms with Crippen LogP contribution in [0.5, 0.6) is 5.75 Å². The highest BCUT2D eigenvalue weighted by Crippen LogP contribution is 2.14. The summed E-state index contributed by atoms with van der Waals surface area (Å²) in [5.74, 6) is 1.71. The SMILES string of the molecule is CCNC(=NCc1cccc(OCC(N)=O)c1)NCCCCC(C)C. The number of carbonyl (C=O) groups excluding carboxylic acids is 1. The molecule has 4 N–H and O–H groups in total. The van der Waals surface area contributed by atoms with Gasteiger partial charge in [0.15, 0.2) is 12.6 Å². The quantitative estimate of drug-likeness (QED) is 0.325. The molecular weight excluding hydrogens is 316 g/mol. The second-order valence-corrected chi connectivity index (χ2v) is 6.41. The molecule has 0 aliphatic rings. The van der Waals surface area contributed by atoms with E-state index in [1.54, 1.807) is 6.07 Å². The summed E-state index contributed by atoms with van der Waals surface area (Å²) in [4.78, 5) is 15.4. The van der Waals surface area contributed by atoms with Crippen molar-refractivity contribution in [1.82, 2.24) is 10.6 Å². The van der Waals surface area contributed by atoms with Gasteiger partial charge in [-0.3, -0.25) is 4.79 Å². The number of nitrogens with two attached hydrogens (primary N) is 1. The monoisotopic (exact) mass is 348 g/mol. The molecule has 1 amide bonds. The fourth-order valence-electron chi connectivity index (χ4n) is 2.28. The Hall–Kier alpha value is -2.24. The highest BCUT2D eigenvalue weighted by molar-refractivity contribution is 5.79. The molecule has 0 atom stereocenters. The molecule has 140 valence electrons. The molecule has 0 aliphatic heterocycles. The van der Waals surface area contributed by atoms with Crippen LogP contribution < -0.4 is 21.1 Å². The maximum absolute atomic E-state index is 10.8. The number of hydrogen-bond donors (Lipinski definition) is 3. The molecule has 6 heteroatoms. The molecular formula is C19H32N4O2. The fourth-order valence-corrected chi connectivity index (χ4v) is 2.28. The molecule has 6 nitrogen and oxygen atoms in total. The topological polar surface area (TPSA) is 88.7 Å². The Morgan fingerprint density at radius 2 is 2.08 bits per heavy atom. The third kappa shape index (κ3) is 10.3. The van der Waals surface area contributed by atoms with E-state index >= 15 is 0 Å². The summed E-state index contributed by atoms with van der Waals surface area (Å²) in [5.41, 5.74) is 6.11. The van der Waals surface area contributed by atoms with Gasteiger partial charge in [-0.25, -0.2) is 4.99 Å². The minimum absolute atomic E-state index is 0.118. The van der Waals surface area contributed by atoms with Crippen LogP contribution in [-0.4, -0.2) is 31.6 Å². The Kier molecular flexibility index (Phi) is 10.1. The highest BCUT2D eigenvalue weighted by atomic mass is 16.5. The first-order chi connectivity index (χ1) is 12.0. The van der Waals surface area contributed by atoms with E-state index in [4.69, 9.17) is 10.5 Å². The standard InChI is InChI=1S/C19H32N4O2/c1-4-21-19(22-11-6-5-8-15(2)3)23-13-16-9-7-10-17(12-16)25-14-18(20)24/h7,9-10,12,15H,4-6,8,11,13-14H2,1-3H3,(H2,20,24)(H2,21,22,23). The van der Waals surface area contributed by atoms with Gasteiger partial charge in [0.1, 0.15) is 5.75 Å². The van der Waals surface area contributed by atoms with Gasteiger partial charge < -0.3 is 21.1 Å². The summed E-state index contributed by atoms with van der Waals surface area (Å²) >= 11 is 0. The molecule has 0 bridgehead atoms. The molecule has 0 unspecified atom stereocenters. The molecule has 0 saturated carbocycles. The summed E-state index contributed by atoms with van der Waals surface area (Å²) in [6.45, 7) is 8.71. The molecule has 1 rings (SSSR count). The highest BCUT2D eigenvalue weighted by Gasteiger charge is 2.01. The van der Waals surface area contributed by atoms with Crippen molar-refractivity contribution >= 4 is 11.9 Å². The lowest BCUT2D eigenvalue weighted by Crippen LogP contribution is -2.37. The Morgan fingerprint density at radius 1 is 1.28 bits per heavy atom. The maximum Gasteiger partial charge on any atom is 0.255 e. The van der Waals surface area contributed by atoms with Crippen molar-refractivity contribution < 1.29 is 9.53 Å². The van der Waals surface area contributed by atoms with Gasteiger partial charge in [0.25, 0.3) is 5.91 Å². The van der Waals surface area contributed by atoms with Gasteiger partial charge in [0.05, 0.1) is 6.54 Å². The second kappa shape index (κ2) is 12.2. The average molecular weight is 348 g/mol. The zero-order valence-corrected chi connectivity index (χ0v) is 15.7. The van der Waals surface area contributed by atoms with Gasteiger partial charge in [-0.15, -0.1) is 0 Å². The molecule has 1 aromatic rings. The van der Waals surface area contributed by atoms with E-state index in [-0.39, 0.29) is 6.61 Å². The number of guanidine groups is 1. The summed E-state index contributed by atoms with van der Waals surface area (Å²) in [6, 6.07) is 7.53. The van der Waals surface area contributed by atoms with Gasteiger partial charge in [-0.2, -0.15) is 0 Å². The molecule has 0 aromatic heterocycles. The third-order valence-corrected chi connectivity index (χ3v) is 3.54. The van der Waals surface area contributed by atoms with Crippen LogP contribution in [-0.2, 0) is 11.3 Å². The molecule has 0 radical (unpaired) electrons. The number of carbonyl (C=O) groups is 1. The molecule has 1 aromatic carbocycles. The Labute approximate surface area is 151 Å². The number of nitrogens with zero attached hydrogens (tertiary/aromatic N) is 1. The average Bonchev–Trinajstić information content (AvgIpc) is 2.57. The number of nitrogens with one attached hydrogen (secondary N) is 2. The van der Waals surface area contributed by atoms with Gasteiger partial charge in [0.2, 0.25) is 0 Å². The number of primary amides is 1. The molecule has 0 spiro atoms. The number of benzene rings is 1. The zero-order valence-electron chi connectivity index (χ0n) is 15.7. The molecule has 0 heterocycles. The smallest absolute Gasteiger partial charge is 0.255 e. The number of hydrogen-bond acceptors (Lipinski definition) is 3. The van der Waals surface area contributed by atoms with Crippen molar-refractivity contribution in [2.24, 2.45) is 16.6 Å². The number of amides is 1. The minimum Gasteiger partial charge on any atom is -0.484 e. The normalized spacial score (nSPS) is 11.4. The Bertz CT molecular complexity index is 544. The van der Waals surface area contributed by atoms with Crippen LogP contribution in [0.2, 0.25) is 0 Å². The third-order valence-electron chi connectivity index (χ3n) is 3.54. The molecule has 0 fully saturated rings. The summed E-state index contributed by atoms with van der Waals surface area (Å²) in [5, 5.41) is 6.62. The molecule has 25 heavy (non-hydrogen) atoms. The van der Waals surface area contributed by atoms with E-state index in [1.165, 1.54) is 12.8 Å². The Morgan fingerprint density at radius 3 is 2.76 bits per heavy atom. The first-order valence-corrected chi connectivity index (χ1v) is 9.03. The van der Waals surface area contributed by atoms with Crippen LogP contribution in [0.15, 0.2) is 29.3 Å². The van der Waals surface area contributed by atoms with Crippen molar-refractivity contribution in [3.8, 4) is 5.75 Å². The largest absolute Gasteiger partial charge is 0.484 e. The van der Waals surface area contributed by atoms with E-state index < -0.39 is 5.91 Å². The zero-order chi connectivity index (χ0) is 18.5. The minimum atomic E-state index is -0.487. The number of ether oxygens (including phenoxy) is 1. The van der Waals surface area contributed by atoms with Crippen molar-refractivity contribution in [3.05, 3.63) is 29.8 Å². The second-order valence-electron chi connectivity index (χ2n) is 6.41. The van der Waals surface area contributed by atoms with Crippen LogP contribution in [0, 0.1) is 5.92 Å². The van der Waals surface area contributed by atoms with Crippen molar-refractivity contribution in [3.63, 3.8) is 0 Å². The van der Waals surface area contributed by atoms with Gasteiger partial charge in [-0.05, 0) is 37.0 Å². The first-order valence-electron chi connectivity index (χ1n) is 9.03.